The van der Waals surface area contributed by atoms with E-state index in [-0.39, 0.29) is 12.1 Å². The summed E-state index contributed by atoms with van der Waals surface area (Å²) in [5.41, 5.74) is 0.759. The van der Waals surface area contributed by atoms with Gasteiger partial charge in [0, 0.05) is 23.2 Å². The van der Waals surface area contributed by atoms with E-state index < -0.39 is 5.60 Å². The van der Waals surface area contributed by atoms with Gasteiger partial charge in [0.15, 0.2) is 0 Å². The summed E-state index contributed by atoms with van der Waals surface area (Å²) < 4.78 is 5.26. The van der Waals surface area contributed by atoms with E-state index >= 15 is 0 Å². The van der Waals surface area contributed by atoms with Gasteiger partial charge in [-0.15, -0.1) is 11.3 Å². The fourth-order valence-electron chi connectivity index (χ4n) is 1.93. The molecule has 0 aliphatic carbocycles. The highest BCUT2D eigenvalue weighted by Crippen LogP contribution is 2.26. The predicted molar refractivity (Wildman–Crippen MR) is 74.3 cm³/mol. The molecule has 0 saturated heterocycles. The lowest BCUT2D eigenvalue weighted by Crippen LogP contribution is -2.42. The standard InChI is InChI=1S/C13H20N2O2S/c1-13(2,3)17-12(16)15-9-4-5-11-10(14-8-9)6-7-18-11/h6-7,9,14H,4-5,8H2,1-3H3,(H,15,16)/t9-/m0/s1. The molecule has 18 heavy (non-hydrogen) atoms. The summed E-state index contributed by atoms with van der Waals surface area (Å²) >= 11 is 1.76. The third-order valence-electron chi connectivity index (χ3n) is 2.73. The molecule has 1 amide bonds. The van der Waals surface area contributed by atoms with E-state index in [1.807, 2.05) is 20.8 Å². The molecule has 1 aromatic rings. The zero-order chi connectivity index (χ0) is 13.2. The monoisotopic (exact) mass is 268 g/mol. The van der Waals surface area contributed by atoms with Crippen LogP contribution in [0.3, 0.4) is 0 Å². The quantitative estimate of drug-likeness (QED) is 0.823. The Bertz CT molecular complexity index is 400. The van der Waals surface area contributed by atoms with Crippen LogP contribution in [-0.4, -0.2) is 24.3 Å². The van der Waals surface area contributed by atoms with Crippen LogP contribution in [0.15, 0.2) is 11.4 Å². The molecule has 1 aliphatic rings. The van der Waals surface area contributed by atoms with Crippen molar-refractivity contribution in [3.8, 4) is 0 Å². The van der Waals surface area contributed by atoms with E-state index in [9.17, 15) is 4.79 Å². The van der Waals surface area contributed by atoms with E-state index in [2.05, 4.69) is 22.1 Å². The predicted octanol–water partition coefficient (Wildman–Crippen LogP) is 3.00. The number of fused-ring (bicyclic) bond motifs is 1. The van der Waals surface area contributed by atoms with Gasteiger partial charge in [0.1, 0.15) is 5.60 Å². The molecule has 0 fully saturated rings. The van der Waals surface area contributed by atoms with Crippen LogP contribution in [0.2, 0.25) is 0 Å². The maximum atomic E-state index is 11.7. The lowest BCUT2D eigenvalue weighted by atomic mass is 10.1. The third kappa shape index (κ3) is 3.63. The number of carbonyl (C=O) groups excluding carboxylic acids is 1. The number of nitrogens with one attached hydrogen (secondary N) is 2. The maximum absolute atomic E-state index is 11.7. The van der Waals surface area contributed by atoms with E-state index in [1.165, 1.54) is 10.6 Å². The van der Waals surface area contributed by atoms with Crippen molar-refractivity contribution in [3.05, 3.63) is 16.3 Å². The molecule has 0 bridgehead atoms. The highest BCUT2D eigenvalue weighted by molar-refractivity contribution is 7.10. The van der Waals surface area contributed by atoms with Gasteiger partial charge in [-0.25, -0.2) is 4.79 Å². The first-order chi connectivity index (χ1) is 8.44. The van der Waals surface area contributed by atoms with Crippen LogP contribution in [0.1, 0.15) is 32.1 Å². The van der Waals surface area contributed by atoms with Crippen LogP contribution in [0, 0.1) is 0 Å². The van der Waals surface area contributed by atoms with Crippen molar-refractivity contribution in [1.82, 2.24) is 5.32 Å². The van der Waals surface area contributed by atoms with E-state index in [1.54, 1.807) is 11.3 Å². The number of carbonyl (C=O) groups is 1. The van der Waals surface area contributed by atoms with Crippen LogP contribution in [0.4, 0.5) is 10.5 Å². The molecule has 2 heterocycles. The molecule has 2 rings (SSSR count). The smallest absolute Gasteiger partial charge is 0.407 e. The molecule has 1 aliphatic heterocycles. The largest absolute Gasteiger partial charge is 0.444 e. The number of rotatable bonds is 1. The minimum Gasteiger partial charge on any atom is -0.444 e. The molecule has 2 N–H and O–H groups in total. The van der Waals surface area contributed by atoms with Gasteiger partial charge in [-0.3, -0.25) is 0 Å². The van der Waals surface area contributed by atoms with Crippen molar-refractivity contribution >= 4 is 23.1 Å². The summed E-state index contributed by atoms with van der Waals surface area (Å²) in [7, 11) is 0. The second kappa shape index (κ2) is 5.18. The van der Waals surface area contributed by atoms with Gasteiger partial charge in [-0.2, -0.15) is 0 Å². The Kier molecular flexibility index (Phi) is 3.80. The van der Waals surface area contributed by atoms with Crippen molar-refractivity contribution in [2.45, 2.75) is 45.3 Å². The number of anilines is 1. The first kappa shape index (κ1) is 13.2. The number of hydrogen-bond donors (Lipinski definition) is 2. The molecule has 0 unspecified atom stereocenters. The van der Waals surface area contributed by atoms with Crippen LogP contribution < -0.4 is 10.6 Å². The fourth-order valence-corrected chi connectivity index (χ4v) is 2.80. The summed E-state index contributed by atoms with van der Waals surface area (Å²) in [5.74, 6) is 0. The fraction of sp³-hybridized carbons (Fsp3) is 0.615. The van der Waals surface area contributed by atoms with Crippen LogP contribution in [-0.2, 0) is 11.2 Å². The van der Waals surface area contributed by atoms with E-state index in [0.29, 0.717) is 0 Å². The molecule has 0 radical (unpaired) electrons. The number of ether oxygens (including phenoxy) is 1. The Morgan fingerprint density at radius 2 is 2.33 bits per heavy atom. The Hall–Kier alpha value is -1.23. The van der Waals surface area contributed by atoms with Crippen LogP contribution in [0.25, 0.3) is 0 Å². The molecule has 0 saturated carbocycles. The molecule has 5 heteroatoms. The Labute approximate surface area is 112 Å². The average Bonchev–Trinajstić information content (AvgIpc) is 2.59. The van der Waals surface area contributed by atoms with Crippen LogP contribution >= 0.6 is 11.3 Å². The summed E-state index contributed by atoms with van der Waals surface area (Å²) in [6.45, 7) is 6.36. The summed E-state index contributed by atoms with van der Waals surface area (Å²) in [6, 6.07) is 2.22. The summed E-state index contributed by atoms with van der Waals surface area (Å²) in [4.78, 5) is 13.1. The maximum Gasteiger partial charge on any atom is 0.407 e. The molecule has 4 nitrogen and oxygen atoms in total. The number of hydrogen-bond acceptors (Lipinski definition) is 4. The topological polar surface area (TPSA) is 50.4 Å². The SMILES string of the molecule is CC(C)(C)OC(=O)N[C@H]1CCc2sccc2NC1. The van der Waals surface area contributed by atoms with Crippen molar-refractivity contribution in [3.63, 3.8) is 0 Å². The van der Waals surface area contributed by atoms with Crippen molar-refractivity contribution in [2.24, 2.45) is 0 Å². The lowest BCUT2D eigenvalue weighted by molar-refractivity contribution is 0.0505. The zero-order valence-corrected chi connectivity index (χ0v) is 11.9. The van der Waals surface area contributed by atoms with Crippen molar-refractivity contribution in [2.75, 3.05) is 11.9 Å². The number of aryl methyl sites for hydroxylation is 1. The molecular weight excluding hydrogens is 248 g/mol. The number of alkyl carbamates (subject to hydrolysis) is 1. The zero-order valence-electron chi connectivity index (χ0n) is 11.1. The second-order valence-corrected chi connectivity index (χ2v) is 6.52. The Morgan fingerprint density at radius 3 is 3.06 bits per heavy atom. The molecule has 100 valence electrons. The van der Waals surface area contributed by atoms with Gasteiger partial charge in [-0.1, -0.05) is 0 Å². The third-order valence-corrected chi connectivity index (χ3v) is 3.71. The molecular formula is C13H20N2O2S. The van der Waals surface area contributed by atoms with E-state index in [4.69, 9.17) is 4.74 Å². The van der Waals surface area contributed by atoms with Crippen molar-refractivity contribution in [1.29, 1.82) is 0 Å². The molecule has 0 spiro atoms. The number of amides is 1. The first-order valence-electron chi connectivity index (χ1n) is 6.24. The number of thiophene rings is 1. The van der Waals surface area contributed by atoms with Gasteiger partial charge in [0.2, 0.25) is 0 Å². The van der Waals surface area contributed by atoms with Crippen molar-refractivity contribution < 1.29 is 9.53 Å². The first-order valence-corrected chi connectivity index (χ1v) is 7.12. The van der Waals surface area contributed by atoms with Gasteiger partial charge in [0.25, 0.3) is 0 Å². The van der Waals surface area contributed by atoms with Gasteiger partial charge < -0.3 is 15.4 Å². The highest BCUT2D eigenvalue weighted by atomic mass is 32.1. The molecule has 1 aromatic heterocycles. The minimum absolute atomic E-state index is 0.124. The van der Waals surface area contributed by atoms with Gasteiger partial charge in [-0.05, 0) is 45.1 Å². The highest BCUT2D eigenvalue weighted by Gasteiger charge is 2.21. The minimum atomic E-state index is -0.444. The van der Waals surface area contributed by atoms with Gasteiger partial charge in [0.05, 0.1) is 0 Å². The van der Waals surface area contributed by atoms with Gasteiger partial charge >= 0.3 is 6.09 Å². The normalized spacial score (nSPS) is 19.4. The molecule has 0 aromatic carbocycles. The molecule has 1 atom stereocenters. The average molecular weight is 268 g/mol. The van der Waals surface area contributed by atoms with E-state index in [0.717, 1.165) is 19.4 Å². The second-order valence-electron chi connectivity index (χ2n) is 5.52. The Balaban J connectivity index is 1.85. The summed E-state index contributed by atoms with van der Waals surface area (Å²) in [6.07, 6.45) is 1.61. The van der Waals surface area contributed by atoms with Crippen LogP contribution in [0.5, 0.6) is 0 Å². The Morgan fingerprint density at radius 1 is 1.56 bits per heavy atom. The lowest BCUT2D eigenvalue weighted by Gasteiger charge is -2.23. The summed E-state index contributed by atoms with van der Waals surface area (Å²) in [5, 5.41) is 8.38.